The lowest BCUT2D eigenvalue weighted by Gasteiger charge is -2.25. The summed E-state index contributed by atoms with van der Waals surface area (Å²) in [6, 6.07) is 14.0. The summed E-state index contributed by atoms with van der Waals surface area (Å²) in [7, 11) is 0. The van der Waals surface area contributed by atoms with Gasteiger partial charge < -0.3 is 4.98 Å². The zero-order valence-corrected chi connectivity index (χ0v) is 14.5. The minimum Gasteiger partial charge on any atom is -0.346 e. The Morgan fingerprint density at radius 1 is 1.23 bits per heavy atom. The molecule has 3 aromatic rings. The van der Waals surface area contributed by atoms with E-state index in [1.807, 2.05) is 36.5 Å². The summed E-state index contributed by atoms with van der Waals surface area (Å²) < 4.78 is 0. The number of aromatic nitrogens is 2. The van der Waals surface area contributed by atoms with Crippen molar-refractivity contribution < 1.29 is 0 Å². The molecule has 0 radical (unpaired) electrons. The second kappa shape index (κ2) is 7.38. The molecule has 1 aliphatic rings. The Labute approximate surface area is 153 Å². The molecule has 1 aliphatic heterocycles. The molecule has 2 aromatic heterocycles. The molecule has 128 valence electrons. The maximum Gasteiger partial charge on any atom is 0.137 e. The van der Waals surface area contributed by atoms with Gasteiger partial charge in [-0.15, -0.1) is 0 Å². The molecule has 0 saturated heterocycles. The average Bonchev–Trinajstić information content (AvgIpc) is 3.11. The van der Waals surface area contributed by atoms with E-state index in [2.05, 4.69) is 51.4 Å². The fourth-order valence-electron chi connectivity index (χ4n) is 3.32. The molecular formula is C22H20N4. The lowest BCUT2D eigenvalue weighted by Crippen LogP contribution is -2.27. The number of hydrogen-bond acceptors (Lipinski definition) is 3. The summed E-state index contributed by atoms with van der Waals surface area (Å²) in [6.45, 7) is 2.93. The molecule has 0 amide bonds. The van der Waals surface area contributed by atoms with E-state index in [0.29, 0.717) is 5.56 Å². The maximum atomic E-state index is 8.98. The highest BCUT2D eigenvalue weighted by Gasteiger charge is 2.13. The Balaban J connectivity index is 1.40. The van der Waals surface area contributed by atoms with E-state index in [1.165, 1.54) is 16.5 Å². The van der Waals surface area contributed by atoms with Crippen molar-refractivity contribution in [2.45, 2.75) is 13.0 Å². The van der Waals surface area contributed by atoms with Gasteiger partial charge in [-0.1, -0.05) is 30.4 Å². The summed E-state index contributed by atoms with van der Waals surface area (Å²) >= 11 is 0. The number of aromatic amines is 1. The van der Waals surface area contributed by atoms with Gasteiger partial charge >= 0.3 is 0 Å². The van der Waals surface area contributed by atoms with Gasteiger partial charge in [0.25, 0.3) is 0 Å². The van der Waals surface area contributed by atoms with Crippen LogP contribution < -0.4 is 0 Å². The number of hydrogen-bond donors (Lipinski definition) is 1. The monoisotopic (exact) mass is 340 g/mol. The quantitative estimate of drug-likeness (QED) is 0.771. The Kier molecular flexibility index (Phi) is 4.63. The number of nitrogens with one attached hydrogen (secondary N) is 1. The van der Waals surface area contributed by atoms with Gasteiger partial charge in [-0.2, -0.15) is 5.26 Å². The summed E-state index contributed by atoms with van der Waals surface area (Å²) in [4.78, 5) is 10.1. The molecule has 0 spiro atoms. The van der Waals surface area contributed by atoms with Crippen molar-refractivity contribution in [3.05, 3.63) is 83.2 Å². The molecule has 0 aliphatic carbocycles. The Morgan fingerprint density at radius 2 is 2.19 bits per heavy atom. The van der Waals surface area contributed by atoms with Gasteiger partial charge in [-0.3, -0.25) is 4.90 Å². The number of benzene rings is 1. The molecule has 0 unspecified atom stereocenters. The first-order chi connectivity index (χ1) is 12.8. The summed E-state index contributed by atoms with van der Waals surface area (Å²) in [5.74, 6) is 0. The van der Waals surface area contributed by atoms with Gasteiger partial charge in [-0.05, 0) is 47.4 Å². The lowest BCUT2D eigenvalue weighted by molar-refractivity contribution is 0.288. The highest BCUT2D eigenvalue weighted by atomic mass is 15.1. The molecule has 0 atom stereocenters. The number of nitriles is 1. The number of allylic oxidation sites excluding steroid dienone is 1. The molecule has 4 heteroatoms. The first-order valence-corrected chi connectivity index (χ1v) is 8.82. The predicted molar refractivity (Wildman–Crippen MR) is 104 cm³/mol. The van der Waals surface area contributed by atoms with Crippen LogP contribution in [0.3, 0.4) is 0 Å². The molecule has 26 heavy (non-hydrogen) atoms. The molecule has 0 saturated carbocycles. The fraction of sp³-hybridized carbons (Fsp3) is 0.182. The number of rotatable bonds is 4. The highest BCUT2D eigenvalue weighted by Crippen LogP contribution is 2.20. The van der Waals surface area contributed by atoms with Gasteiger partial charge in [0.1, 0.15) is 5.65 Å². The van der Waals surface area contributed by atoms with Crippen LogP contribution in [-0.4, -0.2) is 28.0 Å². The molecule has 0 fully saturated rings. The van der Waals surface area contributed by atoms with Gasteiger partial charge in [-0.25, -0.2) is 4.98 Å². The van der Waals surface area contributed by atoms with E-state index in [9.17, 15) is 0 Å². The van der Waals surface area contributed by atoms with E-state index in [1.54, 1.807) is 0 Å². The van der Waals surface area contributed by atoms with Crippen LogP contribution in [0, 0.1) is 11.3 Å². The van der Waals surface area contributed by atoms with Crippen molar-refractivity contribution in [3.63, 3.8) is 0 Å². The van der Waals surface area contributed by atoms with Crippen molar-refractivity contribution >= 4 is 17.1 Å². The molecule has 3 heterocycles. The Bertz CT molecular complexity index is 1020. The largest absolute Gasteiger partial charge is 0.346 e. The Morgan fingerprint density at radius 3 is 3.04 bits per heavy atom. The predicted octanol–water partition coefficient (Wildman–Crippen LogP) is 4.28. The van der Waals surface area contributed by atoms with Crippen LogP contribution in [0.5, 0.6) is 0 Å². The fourth-order valence-corrected chi connectivity index (χ4v) is 3.32. The topological polar surface area (TPSA) is 55.7 Å². The number of H-pyrrole nitrogens is 1. The van der Waals surface area contributed by atoms with Gasteiger partial charge in [0.05, 0.1) is 11.6 Å². The van der Waals surface area contributed by atoms with Crippen LogP contribution in [-0.2, 0) is 6.54 Å². The van der Waals surface area contributed by atoms with Crippen LogP contribution in [0.2, 0.25) is 0 Å². The molecule has 1 aromatic carbocycles. The number of fused-ring (bicyclic) bond motifs is 1. The second-order valence-corrected chi connectivity index (χ2v) is 6.55. The first kappa shape index (κ1) is 16.3. The van der Waals surface area contributed by atoms with Gasteiger partial charge in [0.15, 0.2) is 0 Å². The maximum absolute atomic E-state index is 8.98. The highest BCUT2D eigenvalue weighted by molar-refractivity contribution is 5.79. The zero-order valence-electron chi connectivity index (χ0n) is 14.5. The van der Waals surface area contributed by atoms with Crippen LogP contribution in [0.4, 0.5) is 0 Å². The smallest absolute Gasteiger partial charge is 0.137 e. The number of nitrogens with zero attached hydrogens (tertiary/aromatic N) is 3. The van der Waals surface area contributed by atoms with Crippen molar-refractivity contribution in [2.75, 3.05) is 13.1 Å². The summed E-state index contributed by atoms with van der Waals surface area (Å²) in [5.41, 5.74) is 5.37. The van der Waals surface area contributed by atoms with Gasteiger partial charge in [0, 0.05) is 37.4 Å². The third kappa shape index (κ3) is 3.58. The second-order valence-electron chi connectivity index (χ2n) is 6.55. The van der Waals surface area contributed by atoms with E-state index < -0.39 is 0 Å². The average molecular weight is 340 g/mol. The lowest BCUT2D eigenvalue weighted by atomic mass is 10.0. The molecule has 1 N–H and O–H groups in total. The number of pyridine rings is 1. The summed E-state index contributed by atoms with van der Waals surface area (Å²) in [5, 5.41) is 10.2. The van der Waals surface area contributed by atoms with E-state index >= 15 is 0 Å². The standard InChI is InChI=1S/C22H20N4/c23-14-19-4-1-3-18(13-19)7-6-17-8-11-26(12-9-17)16-20-15-25-22-21(20)5-2-10-24-22/h1-8,10,13,15H,9,11-12,16H2,(H,24,25). The molecular weight excluding hydrogens is 320 g/mol. The third-order valence-electron chi connectivity index (χ3n) is 4.76. The van der Waals surface area contributed by atoms with Crippen molar-refractivity contribution in [1.82, 2.24) is 14.9 Å². The minimum absolute atomic E-state index is 0.698. The van der Waals surface area contributed by atoms with Crippen molar-refractivity contribution in [2.24, 2.45) is 0 Å². The van der Waals surface area contributed by atoms with Crippen LogP contribution >= 0.6 is 0 Å². The van der Waals surface area contributed by atoms with E-state index in [0.717, 1.165) is 37.3 Å². The van der Waals surface area contributed by atoms with Gasteiger partial charge in [0.2, 0.25) is 0 Å². The Hall–Kier alpha value is -3.16. The van der Waals surface area contributed by atoms with Crippen LogP contribution in [0.25, 0.3) is 17.1 Å². The van der Waals surface area contributed by atoms with E-state index in [-0.39, 0.29) is 0 Å². The molecule has 4 nitrogen and oxygen atoms in total. The van der Waals surface area contributed by atoms with E-state index in [4.69, 9.17) is 5.26 Å². The van der Waals surface area contributed by atoms with Crippen LogP contribution in [0.1, 0.15) is 23.1 Å². The van der Waals surface area contributed by atoms with Crippen molar-refractivity contribution in [1.29, 1.82) is 5.26 Å². The normalized spacial score (nSPS) is 15.3. The summed E-state index contributed by atoms with van der Waals surface area (Å²) in [6.07, 6.45) is 11.5. The molecule has 4 rings (SSSR count). The first-order valence-electron chi connectivity index (χ1n) is 8.82. The minimum atomic E-state index is 0.698. The SMILES string of the molecule is N#Cc1cccc(C=CC2=CCN(Cc3c[nH]c4ncccc34)CC2)c1. The molecule has 0 bridgehead atoms. The third-order valence-corrected chi connectivity index (χ3v) is 4.76. The zero-order chi connectivity index (χ0) is 17.8. The van der Waals surface area contributed by atoms with Crippen molar-refractivity contribution in [3.8, 4) is 6.07 Å². The van der Waals surface area contributed by atoms with Crippen LogP contribution in [0.15, 0.2) is 66.5 Å².